The first-order valence-corrected chi connectivity index (χ1v) is 9.36. The monoisotopic (exact) mass is 353 g/mol. The zero-order valence-corrected chi connectivity index (χ0v) is 15.0. The van der Waals surface area contributed by atoms with E-state index < -0.39 is 10.0 Å². The molecule has 1 aromatic carbocycles. The Balaban J connectivity index is 2.42. The van der Waals surface area contributed by atoms with Crippen LogP contribution in [0.15, 0.2) is 28.6 Å². The molecule has 0 bridgehead atoms. The Kier molecular flexibility index (Phi) is 4.88. The topological polar surface area (TPSA) is 93.4 Å². The molecule has 124 valence electrons. The van der Waals surface area contributed by atoms with Crippen molar-refractivity contribution in [3.8, 4) is 0 Å². The molecular weight excluding hydrogens is 334 g/mol. The van der Waals surface area contributed by atoms with E-state index in [9.17, 15) is 13.2 Å². The van der Waals surface area contributed by atoms with E-state index in [2.05, 4.69) is 4.98 Å². The highest BCUT2D eigenvalue weighted by molar-refractivity contribution is 7.89. The standard InChI is InChI=1S/C15H19N3O3S2/c1-9-7-12(8-13(10(9)2)23(16,20)21)15(19)18(4)11(3)14-17-5-6-22-14/h5-8,11H,1-4H3,(H2,16,20,21)/t11-/m0/s1. The summed E-state index contributed by atoms with van der Waals surface area (Å²) in [5.41, 5.74) is 1.55. The number of carbonyl (C=O) groups is 1. The van der Waals surface area contributed by atoms with Crippen LogP contribution in [-0.4, -0.2) is 31.3 Å². The number of hydrogen-bond donors (Lipinski definition) is 1. The lowest BCUT2D eigenvalue weighted by molar-refractivity contribution is 0.0742. The average molecular weight is 353 g/mol. The third-order valence-electron chi connectivity index (χ3n) is 3.88. The molecule has 1 heterocycles. The summed E-state index contributed by atoms with van der Waals surface area (Å²) in [7, 11) is -2.22. The van der Waals surface area contributed by atoms with Crippen LogP contribution in [0.4, 0.5) is 0 Å². The number of aryl methyl sites for hydroxylation is 1. The van der Waals surface area contributed by atoms with E-state index >= 15 is 0 Å². The number of primary sulfonamides is 1. The van der Waals surface area contributed by atoms with Crippen LogP contribution in [-0.2, 0) is 10.0 Å². The number of nitrogens with zero attached hydrogens (tertiary/aromatic N) is 2. The molecule has 1 aromatic heterocycles. The van der Waals surface area contributed by atoms with Crippen molar-refractivity contribution in [2.24, 2.45) is 5.14 Å². The van der Waals surface area contributed by atoms with Gasteiger partial charge < -0.3 is 4.90 Å². The predicted octanol–water partition coefficient (Wildman–Crippen LogP) is 2.24. The fourth-order valence-electron chi connectivity index (χ4n) is 2.23. The number of aromatic nitrogens is 1. The van der Waals surface area contributed by atoms with E-state index in [1.54, 1.807) is 33.2 Å². The summed E-state index contributed by atoms with van der Waals surface area (Å²) < 4.78 is 23.4. The van der Waals surface area contributed by atoms with Crippen molar-refractivity contribution in [2.45, 2.75) is 31.7 Å². The van der Waals surface area contributed by atoms with Gasteiger partial charge in [0.25, 0.3) is 5.91 Å². The lowest BCUT2D eigenvalue weighted by Crippen LogP contribution is -2.30. The number of amides is 1. The minimum atomic E-state index is -3.88. The van der Waals surface area contributed by atoms with Crippen molar-refractivity contribution >= 4 is 27.3 Å². The third-order valence-corrected chi connectivity index (χ3v) is 5.87. The second-order valence-corrected chi connectivity index (χ2v) is 7.88. The average Bonchev–Trinajstić information content (AvgIpc) is 3.00. The molecule has 0 spiro atoms. The lowest BCUT2D eigenvalue weighted by atomic mass is 10.0. The summed E-state index contributed by atoms with van der Waals surface area (Å²) in [4.78, 5) is 18.4. The normalized spacial score (nSPS) is 12.9. The van der Waals surface area contributed by atoms with Crippen LogP contribution in [0.3, 0.4) is 0 Å². The van der Waals surface area contributed by atoms with Gasteiger partial charge in [-0.15, -0.1) is 11.3 Å². The quantitative estimate of drug-likeness (QED) is 0.912. The van der Waals surface area contributed by atoms with Gasteiger partial charge in [-0.1, -0.05) is 0 Å². The predicted molar refractivity (Wildman–Crippen MR) is 89.9 cm³/mol. The molecule has 23 heavy (non-hydrogen) atoms. The van der Waals surface area contributed by atoms with E-state index in [4.69, 9.17) is 5.14 Å². The van der Waals surface area contributed by atoms with Crippen molar-refractivity contribution in [3.05, 3.63) is 45.4 Å². The van der Waals surface area contributed by atoms with Gasteiger partial charge in [-0.25, -0.2) is 18.5 Å². The Morgan fingerprint density at radius 3 is 2.52 bits per heavy atom. The van der Waals surface area contributed by atoms with Crippen LogP contribution in [0.1, 0.15) is 39.5 Å². The molecule has 6 nitrogen and oxygen atoms in total. The van der Waals surface area contributed by atoms with Gasteiger partial charge in [0.2, 0.25) is 10.0 Å². The first kappa shape index (κ1) is 17.6. The van der Waals surface area contributed by atoms with Crippen LogP contribution in [0.2, 0.25) is 0 Å². The molecule has 2 N–H and O–H groups in total. The minimum absolute atomic E-state index is 0.0175. The fraction of sp³-hybridized carbons (Fsp3) is 0.333. The van der Waals surface area contributed by atoms with E-state index in [0.717, 1.165) is 5.01 Å². The van der Waals surface area contributed by atoms with Crippen LogP contribution in [0.25, 0.3) is 0 Å². The maximum Gasteiger partial charge on any atom is 0.254 e. The van der Waals surface area contributed by atoms with Gasteiger partial charge in [-0.05, 0) is 44.0 Å². The molecule has 0 radical (unpaired) electrons. The first-order chi connectivity index (χ1) is 10.6. The zero-order chi connectivity index (χ0) is 17.4. The molecule has 0 saturated carbocycles. The molecule has 1 amide bonds. The summed E-state index contributed by atoms with van der Waals surface area (Å²) in [6.45, 7) is 5.30. The summed E-state index contributed by atoms with van der Waals surface area (Å²) in [6, 6.07) is 2.81. The number of thiazole rings is 1. The van der Waals surface area contributed by atoms with Gasteiger partial charge in [0.15, 0.2) is 0 Å². The Bertz CT molecular complexity index is 830. The third kappa shape index (κ3) is 3.60. The second kappa shape index (κ2) is 6.38. The van der Waals surface area contributed by atoms with E-state index in [1.165, 1.54) is 22.3 Å². The lowest BCUT2D eigenvalue weighted by Gasteiger charge is -2.24. The Morgan fingerprint density at radius 1 is 1.35 bits per heavy atom. The molecule has 8 heteroatoms. The second-order valence-electron chi connectivity index (χ2n) is 5.42. The van der Waals surface area contributed by atoms with Crippen molar-refractivity contribution in [1.29, 1.82) is 0 Å². The molecule has 0 aliphatic rings. The van der Waals surface area contributed by atoms with E-state index in [-0.39, 0.29) is 16.8 Å². The summed E-state index contributed by atoms with van der Waals surface area (Å²) in [5.74, 6) is -0.277. The van der Waals surface area contributed by atoms with Gasteiger partial charge in [0.1, 0.15) is 5.01 Å². The Morgan fingerprint density at radius 2 is 2.00 bits per heavy atom. The highest BCUT2D eigenvalue weighted by atomic mass is 32.2. The smallest absolute Gasteiger partial charge is 0.254 e. The number of benzene rings is 1. The van der Waals surface area contributed by atoms with Gasteiger partial charge in [-0.3, -0.25) is 4.79 Å². The van der Waals surface area contributed by atoms with E-state index in [1.807, 2.05) is 12.3 Å². The highest BCUT2D eigenvalue weighted by Gasteiger charge is 2.23. The van der Waals surface area contributed by atoms with Crippen molar-refractivity contribution in [3.63, 3.8) is 0 Å². The SMILES string of the molecule is Cc1cc(C(=O)N(C)[C@@H](C)c2nccs2)cc(S(N)(=O)=O)c1C. The summed E-state index contributed by atoms with van der Waals surface area (Å²) in [5, 5.41) is 7.91. The molecule has 0 saturated heterocycles. The van der Waals surface area contributed by atoms with Gasteiger partial charge in [0.05, 0.1) is 10.9 Å². The number of rotatable bonds is 4. The van der Waals surface area contributed by atoms with Crippen LogP contribution in [0.5, 0.6) is 0 Å². The molecule has 0 aliphatic carbocycles. The highest BCUT2D eigenvalue weighted by Crippen LogP contribution is 2.25. The number of carbonyl (C=O) groups excluding carboxylic acids is 1. The van der Waals surface area contributed by atoms with E-state index in [0.29, 0.717) is 16.7 Å². The molecule has 0 unspecified atom stereocenters. The Hall–Kier alpha value is -1.77. The van der Waals surface area contributed by atoms with Gasteiger partial charge >= 0.3 is 0 Å². The minimum Gasteiger partial charge on any atom is -0.333 e. The van der Waals surface area contributed by atoms with Crippen LogP contribution >= 0.6 is 11.3 Å². The summed E-state index contributed by atoms with van der Waals surface area (Å²) >= 11 is 1.46. The molecule has 0 fully saturated rings. The molecule has 2 rings (SSSR count). The van der Waals surface area contributed by atoms with Crippen molar-refractivity contribution < 1.29 is 13.2 Å². The number of sulfonamides is 1. The van der Waals surface area contributed by atoms with Gasteiger partial charge in [-0.2, -0.15) is 0 Å². The Labute approximate surface area is 140 Å². The molecule has 0 aliphatic heterocycles. The van der Waals surface area contributed by atoms with Crippen LogP contribution < -0.4 is 5.14 Å². The van der Waals surface area contributed by atoms with Crippen molar-refractivity contribution in [2.75, 3.05) is 7.05 Å². The molecule has 2 aromatic rings. The summed E-state index contributed by atoms with van der Waals surface area (Å²) in [6.07, 6.45) is 1.68. The maximum absolute atomic E-state index is 12.7. The fourth-order valence-corrected chi connectivity index (χ4v) is 3.85. The van der Waals surface area contributed by atoms with Crippen LogP contribution in [0, 0.1) is 13.8 Å². The van der Waals surface area contributed by atoms with Gasteiger partial charge in [0, 0.05) is 24.2 Å². The maximum atomic E-state index is 12.7. The zero-order valence-electron chi connectivity index (χ0n) is 13.4. The molecule has 1 atom stereocenters. The largest absolute Gasteiger partial charge is 0.333 e. The molecular formula is C15H19N3O3S2. The van der Waals surface area contributed by atoms with Crippen molar-refractivity contribution in [1.82, 2.24) is 9.88 Å². The number of hydrogen-bond acceptors (Lipinski definition) is 5. The number of nitrogens with two attached hydrogens (primary N) is 1. The first-order valence-electron chi connectivity index (χ1n) is 6.93.